The number of amides is 1. The van der Waals surface area contributed by atoms with Gasteiger partial charge in [0.05, 0.1) is 8.07 Å². The van der Waals surface area contributed by atoms with Crippen LogP contribution in [-0.4, -0.2) is 32.1 Å². The second-order valence-corrected chi connectivity index (χ2v) is 17.1. The Morgan fingerprint density at radius 3 is 1.84 bits per heavy atom. The molecule has 0 bridgehead atoms. The van der Waals surface area contributed by atoms with Crippen molar-refractivity contribution in [3.8, 4) is 0 Å². The predicted molar refractivity (Wildman–Crippen MR) is 85.7 cm³/mol. The molecule has 0 aliphatic heterocycles. The lowest BCUT2D eigenvalue weighted by Crippen LogP contribution is -2.57. The minimum Gasteiger partial charge on any atom is -0.465 e. The molecule has 1 amide bonds. The van der Waals surface area contributed by atoms with Gasteiger partial charge in [-0.15, -0.1) is 0 Å². The molecule has 1 rings (SSSR count). The summed E-state index contributed by atoms with van der Waals surface area (Å²) in [5.41, 5.74) is 1.16. The molecular formula is C14H25NO2Si2. The zero-order valence-electron chi connectivity index (χ0n) is 12.8. The summed E-state index contributed by atoms with van der Waals surface area (Å²) >= 11 is 0. The first-order chi connectivity index (χ1) is 8.55. The molecule has 0 aliphatic carbocycles. The van der Waals surface area contributed by atoms with Crippen LogP contribution in [0.2, 0.25) is 39.3 Å². The molecule has 1 N–H and O–H groups in total. The lowest BCUT2D eigenvalue weighted by Gasteiger charge is -2.44. The molecule has 1 unspecified atom stereocenters. The lowest BCUT2D eigenvalue weighted by molar-refractivity contribution is 0.165. The van der Waals surface area contributed by atoms with Gasteiger partial charge in [0.15, 0.2) is 8.24 Å². The minimum atomic E-state index is -1.94. The van der Waals surface area contributed by atoms with Crippen LogP contribution in [0.4, 0.5) is 4.79 Å². The van der Waals surface area contributed by atoms with Gasteiger partial charge in [-0.2, -0.15) is 0 Å². The van der Waals surface area contributed by atoms with Crippen molar-refractivity contribution in [1.82, 2.24) is 4.57 Å². The van der Waals surface area contributed by atoms with Gasteiger partial charge in [-0.1, -0.05) is 69.6 Å². The van der Waals surface area contributed by atoms with Crippen LogP contribution < -0.4 is 0 Å². The number of nitrogens with zero attached hydrogens (tertiary/aromatic N) is 1. The Kier molecular flexibility index (Phi) is 4.63. The Morgan fingerprint density at radius 1 is 1.05 bits per heavy atom. The Bertz CT molecular complexity index is 435. The van der Waals surface area contributed by atoms with Crippen molar-refractivity contribution in [1.29, 1.82) is 0 Å². The smallest absolute Gasteiger partial charge is 0.399 e. The number of hydrogen-bond donors (Lipinski definition) is 1. The SMILES string of the molecule is C[Si](C)(C)C(c1ccccc1)N(C(=O)O)[Si](C)(C)C. The van der Waals surface area contributed by atoms with E-state index in [4.69, 9.17) is 0 Å². The van der Waals surface area contributed by atoms with Crippen molar-refractivity contribution in [3.63, 3.8) is 0 Å². The van der Waals surface area contributed by atoms with Gasteiger partial charge < -0.3 is 9.67 Å². The number of benzene rings is 1. The summed E-state index contributed by atoms with van der Waals surface area (Å²) in [5, 5.41) is 9.69. The summed E-state index contributed by atoms with van der Waals surface area (Å²) in [6.07, 6.45) is -0.782. The molecule has 1 aromatic carbocycles. The van der Waals surface area contributed by atoms with Crippen molar-refractivity contribution in [2.75, 3.05) is 0 Å². The first-order valence-electron chi connectivity index (χ1n) is 6.62. The van der Waals surface area contributed by atoms with Crippen molar-refractivity contribution in [2.45, 2.75) is 44.9 Å². The largest absolute Gasteiger partial charge is 0.465 e. The fraction of sp³-hybridized carbons (Fsp3) is 0.500. The molecule has 0 spiro atoms. The first kappa shape index (κ1) is 16.0. The molecule has 0 fully saturated rings. The van der Waals surface area contributed by atoms with E-state index >= 15 is 0 Å². The van der Waals surface area contributed by atoms with Gasteiger partial charge in [-0.05, 0) is 5.56 Å². The summed E-state index contributed by atoms with van der Waals surface area (Å²) in [6, 6.07) is 10.1. The van der Waals surface area contributed by atoms with Crippen LogP contribution in [0.1, 0.15) is 11.2 Å². The van der Waals surface area contributed by atoms with E-state index < -0.39 is 22.4 Å². The Hall–Kier alpha value is -1.08. The first-order valence-corrected chi connectivity index (χ1v) is 13.6. The molecular weight excluding hydrogens is 270 g/mol. The summed E-state index contributed by atoms with van der Waals surface area (Å²) in [6.45, 7) is 13.0. The second kappa shape index (κ2) is 5.50. The summed E-state index contributed by atoms with van der Waals surface area (Å²) in [4.78, 5) is 11.8. The van der Waals surface area contributed by atoms with E-state index in [1.165, 1.54) is 0 Å². The number of rotatable bonds is 4. The number of carboxylic acid groups (broad SMARTS) is 1. The highest BCUT2D eigenvalue weighted by atomic mass is 28.3. The van der Waals surface area contributed by atoms with E-state index in [9.17, 15) is 9.90 Å². The molecule has 1 aromatic rings. The third-order valence-corrected chi connectivity index (χ3v) is 7.51. The predicted octanol–water partition coefficient (Wildman–Crippen LogP) is 4.42. The topological polar surface area (TPSA) is 40.5 Å². The minimum absolute atomic E-state index is 0.0258. The molecule has 5 heteroatoms. The Morgan fingerprint density at radius 2 is 1.53 bits per heavy atom. The van der Waals surface area contributed by atoms with Gasteiger partial charge in [0, 0.05) is 5.67 Å². The molecule has 0 radical (unpaired) electrons. The zero-order chi connectivity index (χ0) is 14.8. The van der Waals surface area contributed by atoms with E-state index in [0.717, 1.165) is 5.56 Å². The molecule has 0 heterocycles. The molecule has 0 saturated heterocycles. The van der Waals surface area contributed by atoms with Crippen molar-refractivity contribution < 1.29 is 9.90 Å². The molecule has 1 atom stereocenters. The normalized spacial score (nSPS) is 14.0. The molecule has 19 heavy (non-hydrogen) atoms. The monoisotopic (exact) mass is 295 g/mol. The number of hydrogen-bond acceptors (Lipinski definition) is 1. The Labute approximate surface area is 118 Å². The molecule has 3 nitrogen and oxygen atoms in total. The van der Waals surface area contributed by atoms with E-state index in [1.54, 1.807) is 4.57 Å². The van der Waals surface area contributed by atoms with Crippen molar-refractivity contribution in [2.24, 2.45) is 0 Å². The van der Waals surface area contributed by atoms with Crippen molar-refractivity contribution >= 4 is 22.4 Å². The van der Waals surface area contributed by atoms with Gasteiger partial charge in [-0.25, -0.2) is 4.79 Å². The average molecular weight is 296 g/mol. The maximum absolute atomic E-state index is 11.8. The lowest BCUT2D eigenvalue weighted by atomic mass is 10.2. The highest BCUT2D eigenvalue weighted by molar-refractivity contribution is 6.81. The van der Waals surface area contributed by atoms with E-state index in [1.807, 2.05) is 18.2 Å². The van der Waals surface area contributed by atoms with Crippen LogP contribution in [0.15, 0.2) is 30.3 Å². The third kappa shape index (κ3) is 3.94. The summed E-state index contributed by atoms with van der Waals surface area (Å²) < 4.78 is 1.76. The van der Waals surface area contributed by atoms with Gasteiger partial charge in [-0.3, -0.25) is 0 Å². The van der Waals surface area contributed by atoms with Gasteiger partial charge in [0.2, 0.25) is 0 Å². The fourth-order valence-corrected chi connectivity index (χ4v) is 8.36. The molecule has 0 aliphatic rings. The third-order valence-electron chi connectivity index (χ3n) is 3.12. The van der Waals surface area contributed by atoms with Crippen LogP contribution in [0.3, 0.4) is 0 Å². The fourth-order valence-electron chi connectivity index (χ4n) is 2.46. The second-order valence-electron chi connectivity index (χ2n) is 7.00. The highest BCUT2D eigenvalue weighted by Crippen LogP contribution is 2.34. The van der Waals surface area contributed by atoms with E-state index in [-0.39, 0.29) is 5.67 Å². The number of carbonyl (C=O) groups is 1. The quantitative estimate of drug-likeness (QED) is 0.835. The summed E-state index contributed by atoms with van der Waals surface area (Å²) in [7, 11) is -3.62. The highest BCUT2D eigenvalue weighted by Gasteiger charge is 2.42. The maximum atomic E-state index is 11.8. The van der Waals surface area contributed by atoms with Gasteiger partial charge in [0.25, 0.3) is 0 Å². The molecule has 0 aromatic heterocycles. The van der Waals surface area contributed by atoms with E-state index in [2.05, 4.69) is 51.4 Å². The Balaban J connectivity index is 3.36. The summed E-state index contributed by atoms with van der Waals surface area (Å²) in [5.74, 6) is 0. The molecule has 106 valence electrons. The van der Waals surface area contributed by atoms with Gasteiger partial charge >= 0.3 is 6.09 Å². The molecule has 0 saturated carbocycles. The van der Waals surface area contributed by atoms with Crippen LogP contribution in [0.5, 0.6) is 0 Å². The zero-order valence-corrected chi connectivity index (χ0v) is 14.8. The average Bonchev–Trinajstić information content (AvgIpc) is 2.23. The standard InChI is InChI=1S/C14H25NO2Si2/c1-18(2,3)13(12-10-8-7-9-11-12)15(14(16)17)19(4,5)6/h7-11,13H,1-6H3,(H,16,17). The van der Waals surface area contributed by atoms with Gasteiger partial charge in [0.1, 0.15) is 0 Å². The van der Waals surface area contributed by atoms with Crippen LogP contribution in [0, 0.1) is 0 Å². The van der Waals surface area contributed by atoms with E-state index in [0.29, 0.717) is 0 Å². The van der Waals surface area contributed by atoms with Crippen LogP contribution in [-0.2, 0) is 0 Å². The van der Waals surface area contributed by atoms with Crippen LogP contribution in [0.25, 0.3) is 0 Å². The van der Waals surface area contributed by atoms with Crippen molar-refractivity contribution in [3.05, 3.63) is 35.9 Å². The maximum Gasteiger partial charge on any atom is 0.399 e. The van der Waals surface area contributed by atoms with Crippen LogP contribution >= 0.6 is 0 Å².